The average molecular weight is 201 g/mol. The van der Waals surface area contributed by atoms with Crippen molar-refractivity contribution in [3.63, 3.8) is 0 Å². The van der Waals surface area contributed by atoms with Crippen LogP contribution in [-0.4, -0.2) is 37.5 Å². The molecule has 0 saturated carbocycles. The maximum absolute atomic E-state index is 4.96. The second-order valence-corrected chi connectivity index (χ2v) is 3.83. The van der Waals surface area contributed by atoms with Crippen molar-refractivity contribution in [2.75, 3.05) is 27.3 Å². The molecule has 0 radical (unpaired) electrons. The molecule has 0 bridgehead atoms. The minimum absolute atomic E-state index is 0.723. The molecule has 0 aromatic carbocycles. The summed E-state index contributed by atoms with van der Waals surface area (Å²) in [7, 11) is 3.63. The van der Waals surface area contributed by atoms with Gasteiger partial charge in [-0.1, -0.05) is 0 Å². The molecule has 1 rings (SSSR count). The molecular weight excluding hydrogens is 186 g/mol. The van der Waals surface area contributed by atoms with Gasteiger partial charge in [0.25, 0.3) is 0 Å². The van der Waals surface area contributed by atoms with Crippen LogP contribution < -0.4 is 5.32 Å². The highest BCUT2D eigenvalue weighted by molar-refractivity contribution is 7.11. The zero-order chi connectivity index (χ0) is 9.52. The highest BCUT2D eigenvalue weighted by Gasteiger charge is 2.02. The molecule has 0 amide bonds. The van der Waals surface area contributed by atoms with Crippen molar-refractivity contribution >= 4 is 11.3 Å². The zero-order valence-electron chi connectivity index (χ0n) is 8.04. The summed E-state index contributed by atoms with van der Waals surface area (Å²) in [5.74, 6) is 0. The third kappa shape index (κ3) is 3.80. The Bertz CT molecular complexity index is 217. The fraction of sp³-hybridized carbons (Fsp3) is 0.750. The molecule has 1 aromatic heterocycles. The van der Waals surface area contributed by atoms with Gasteiger partial charge < -0.3 is 10.1 Å². The van der Waals surface area contributed by atoms with Crippen LogP contribution in [0.25, 0.3) is 0 Å². The Morgan fingerprint density at radius 3 is 2.62 bits per heavy atom. The Labute approximate surface area is 82.3 Å². The normalized spacial score (nSPS) is 10.6. The number of rotatable bonds is 6. The van der Waals surface area contributed by atoms with Crippen LogP contribution in [0.5, 0.6) is 0 Å². The molecule has 0 spiro atoms. The van der Waals surface area contributed by atoms with Crippen molar-refractivity contribution < 1.29 is 4.74 Å². The first-order valence-electron chi connectivity index (χ1n) is 4.31. The van der Waals surface area contributed by atoms with Crippen LogP contribution in [0.1, 0.15) is 10.0 Å². The van der Waals surface area contributed by atoms with E-state index in [1.165, 1.54) is 0 Å². The molecule has 0 aliphatic heterocycles. The van der Waals surface area contributed by atoms with E-state index in [0.717, 1.165) is 36.0 Å². The lowest BCUT2D eigenvalue weighted by Gasteiger charge is -1.92. The summed E-state index contributed by atoms with van der Waals surface area (Å²) in [4.78, 5) is 0. The molecule has 5 heteroatoms. The van der Waals surface area contributed by atoms with E-state index in [9.17, 15) is 0 Å². The van der Waals surface area contributed by atoms with Crippen LogP contribution in [0.3, 0.4) is 0 Å². The number of methoxy groups -OCH3 is 1. The highest BCUT2D eigenvalue weighted by atomic mass is 32.1. The Hall–Kier alpha value is -0.520. The van der Waals surface area contributed by atoms with Crippen LogP contribution in [0, 0.1) is 0 Å². The Morgan fingerprint density at radius 2 is 2.00 bits per heavy atom. The van der Waals surface area contributed by atoms with Gasteiger partial charge in [-0.2, -0.15) is 0 Å². The van der Waals surface area contributed by atoms with Crippen LogP contribution in [0.15, 0.2) is 0 Å². The summed E-state index contributed by atoms with van der Waals surface area (Å²) in [5.41, 5.74) is 0. The fourth-order valence-electron chi connectivity index (χ4n) is 0.912. The molecule has 0 unspecified atom stereocenters. The number of nitrogens with zero attached hydrogens (tertiary/aromatic N) is 2. The minimum Gasteiger partial charge on any atom is -0.384 e. The Balaban J connectivity index is 2.34. The second-order valence-electron chi connectivity index (χ2n) is 2.69. The standard InChI is InChI=1S/C8H15N3OS/c1-9-5-3-7-10-11-8(13-7)4-6-12-2/h9H,3-6H2,1-2H3. The van der Waals surface area contributed by atoms with Gasteiger partial charge in [-0.05, 0) is 7.05 Å². The van der Waals surface area contributed by atoms with Gasteiger partial charge in [0.2, 0.25) is 0 Å². The number of likely N-dealkylation sites (N-methyl/N-ethyl adjacent to an activating group) is 1. The third-order valence-corrected chi connectivity index (χ3v) is 2.66. The molecular formula is C8H15N3OS. The summed E-state index contributed by atoms with van der Waals surface area (Å²) >= 11 is 1.67. The van der Waals surface area contributed by atoms with Crippen molar-refractivity contribution in [1.82, 2.24) is 15.5 Å². The highest BCUT2D eigenvalue weighted by Crippen LogP contribution is 2.10. The maximum Gasteiger partial charge on any atom is 0.119 e. The number of aromatic nitrogens is 2. The van der Waals surface area contributed by atoms with E-state index >= 15 is 0 Å². The summed E-state index contributed by atoms with van der Waals surface area (Å²) in [5, 5.41) is 13.4. The summed E-state index contributed by atoms with van der Waals surface area (Å²) < 4.78 is 4.96. The second kappa shape index (κ2) is 6.01. The lowest BCUT2D eigenvalue weighted by molar-refractivity contribution is 0.202. The van der Waals surface area contributed by atoms with Crippen LogP contribution in [0.2, 0.25) is 0 Å². The van der Waals surface area contributed by atoms with E-state index in [-0.39, 0.29) is 0 Å². The van der Waals surface area contributed by atoms with Crippen LogP contribution in [0.4, 0.5) is 0 Å². The fourth-order valence-corrected chi connectivity index (χ4v) is 1.74. The summed E-state index contributed by atoms with van der Waals surface area (Å²) in [6.45, 7) is 1.68. The lowest BCUT2D eigenvalue weighted by atomic mass is 10.4. The summed E-state index contributed by atoms with van der Waals surface area (Å²) in [6, 6.07) is 0. The quantitative estimate of drug-likeness (QED) is 0.727. The van der Waals surface area contributed by atoms with E-state index in [0.29, 0.717) is 0 Å². The molecule has 0 atom stereocenters. The predicted octanol–water partition coefficient (Wildman–Crippen LogP) is 0.489. The zero-order valence-corrected chi connectivity index (χ0v) is 8.86. The van der Waals surface area contributed by atoms with Crippen molar-refractivity contribution in [2.24, 2.45) is 0 Å². The van der Waals surface area contributed by atoms with Gasteiger partial charge in [-0.3, -0.25) is 0 Å². The van der Waals surface area contributed by atoms with E-state index in [2.05, 4.69) is 15.5 Å². The molecule has 0 saturated heterocycles. The third-order valence-electron chi connectivity index (χ3n) is 1.62. The van der Waals surface area contributed by atoms with Crippen molar-refractivity contribution in [2.45, 2.75) is 12.8 Å². The number of ether oxygens (including phenoxy) is 1. The van der Waals surface area contributed by atoms with Crippen molar-refractivity contribution in [3.05, 3.63) is 10.0 Å². The molecule has 1 heterocycles. The number of hydrogen-bond donors (Lipinski definition) is 1. The largest absolute Gasteiger partial charge is 0.384 e. The first-order valence-corrected chi connectivity index (χ1v) is 5.13. The molecule has 74 valence electrons. The van der Waals surface area contributed by atoms with Gasteiger partial charge in [-0.15, -0.1) is 21.5 Å². The predicted molar refractivity (Wildman–Crippen MR) is 53.1 cm³/mol. The van der Waals surface area contributed by atoms with Gasteiger partial charge in [0.05, 0.1) is 6.61 Å². The molecule has 0 aliphatic carbocycles. The average Bonchev–Trinajstić information content (AvgIpc) is 2.59. The first-order chi connectivity index (χ1) is 6.36. The Morgan fingerprint density at radius 1 is 1.31 bits per heavy atom. The smallest absolute Gasteiger partial charge is 0.119 e. The molecule has 4 nitrogen and oxygen atoms in total. The van der Waals surface area contributed by atoms with Gasteiger partial charge in [0.1, 0.15) is 10.0 Å². The van der Waals surface area contributed by atoms with Gasteiger partial charge in [0, 0.05) is 26.5 Å². The van der Waals surface area contributed by atoms with Crippen molar-refractivity contribution in [3.8, 4) is 0 Å². The van der Waals surface area contributed by atoms with Gasteiger partial charge in [0.15, 0.2) is 0 Å². The van der Waals surface area contributed by atoms with E-state index in [4.69, 9.17) is 4.74 Å². The topological polar surface area (TPSA) is 47.0 Å². The van der Waals surface area contributed by atoms with E-state index in [1.807, 2.05) is 7.05 Å². The number of hydrogen-bond acceptors (Lipinski definition) is 5. The Kier molecular flexibility index (Phi) is 4.88. The molecule has 13 heavy (non-hydrogen) atoms. The van der Waals surface area contributed by atoms with Crippen LogP contribution >= 0.6 is 11.3 Å². The first kappa shape index (κ1) is 10.6. The molecule has 1 aromatic rings. The van der Waals surface area contributed by atoms with E-state index < -0.39 is 0 Å². The maximum atomic E-state index is 4.96. The van der Waals surface area contributed by atoms with Crippen molar-refractivity contribution in [1.29, 1.82) is 0 Å². The van der Waals surface area contributed by atoms with E-state index in [1.54, 1.807) is 18.4 Å². The van der Waals surface area contributed by atoms with Gasteiger partial charge in [-0.25, -0.2) is 0 Å². The number of nitrogens with one attached hydrogen (secondary N) is 1. The molecule has 0 fully saturated rings. The minimum atomic E-state index is 0.723. The van der Waals surface area contributed by atoms with Crippen LogP contribution in [-0.2, 0) is 17.6 Å². The lowest BCUT2D eigenvalue weighted by Crippen LogP contribution is -2.09. The molecule has 0 aliphatic rings. The summed E-state index contributed by atoms with van der Waals surface area (Å²) in [6.07, 6.45) is 1.83. The van der Waals surface area contributed by atoms with Gasteiger partial charge >= 0.3 is 0 Å². The SMILES string of the molecule is CNCCc1nnc(CCOC)s1. The molecule has 1 N–H and O–H groups in total. The monoisotopic (exact) mass is 201 g/mol.